The average Bonchev–Trinajstić information content (AvgIpc) is 2.81. The highest BCUT2D eigenvalue weighted by Crippen LogP contribution is 2.18. The molecule has 0 fully saturated rings. The maximum absolute atomic E-state index is 3.66. The normalized spacial score (nSPS) is 12.6. The van der Waals surface area contributed by atoms with Gasteiger partial charge in [0, 0.05) is 31.5 Å². The zero-order valence-electron chi connectivity index (χ0n) is 11.3. The first kappa shape index (κ1) is 12.9. The van der Waals surface area contributed by atoms with Crippen molar-refractivity contribution < 1.29 is 0 Å². The third kappa shape index (κ3) is 3.23. The summed E-state index contributed by atoms with van der Waals surface area (Å²) in [5, 5.41) is 3.66. The van der Waals surface area contributed by atoms with Gasteiger partial charge in [-0.05, 0) is 24.1 Å². The highest BCUT2D eigenvalue weighted by atomic mass is 15.0. The molecule has 1 aromatic heterocycles. The molecule has 0 saturated carbocycles. The van der Waals surface area contributed by atoms with E-state index in [0.717, 1.165) is 6.54 Å². The molecule has 0 bridgehead atoms. The van der Waals surface area contributed by atoms with Gasteiger partial charge in [0.1, 0.15) is 0 Å². The monoisotopic (exact) mass is 242 g/mol. The Balaban J connectivity index is 2.01. The first-order chi connectivity index (χ1) is 8.81. The van der Waals surface area contributed by atoms with Gasteiger partial charge in [-0.3, -0.25) is 0 Å². The number of hydrogen-bond acceptors (Lipinski definition) is 1. The van der Waals surface area contributed by atoms with E-state index in [1.807, 2.05) is 0 Å². The summed E-state index contributed by atoms with van der Waals surface area (Å²) >= 11 is 0. The van der Waals surface area contributed by atoms with E-state index in [1.165, 1.54) is 24.1 Å². The Kier molecular flexibility index (Phi) is 4.59. The van der Waals surface area contributed by atoms with Crippen molar-refractivity contribution in [1.29, 1.82) is 0 Å². The number of aryl methyl sites for hydroxylation is 1. The van der Waals surface area contributed by atoms with Gasteiger partial charge in [-0.15, -0.1) is 0 Å². The molecule has 18 heavy (non-hydrogen) atoms. The van der Waals surface area contributed by atoms with E-state index in [2.05, 4.69) is 72.5 Å². The minimum Gasteiger partial charge on any atom is -0.353 e. The molecule has 2 nitrogen and oxygen atoms in total. The van der Waals surface area contributed by atoms with Crippen molar-refractivity contribution in [2.45, 2.75) is 32.4 Å². The zero-order chi connectivity index (χ0) is 12.8. The number of nitrogens with one attached hydrogen (secondary N) is 1. The minimum absolute atomic E-state index is 0.450. The van der Waals surface area contributed by atoms with Crippen LogP contribution in [0, 0.1) is 0 Å². The van der Waals surface area contributed by atoms with Crippen LogP contribution >= 0.6 is 0 Å². The second-order valence-electron chi connectivity index (χ2n) is 4.74. The van der Waals surface area contributed by atoms with Crippen molar-refractivity contribution in [3.8, 4) is 0 Å². The number of hydrogen-bond donors (Lipinski definition) is 1. The quantitative estimate of drug-likeness (QED) is 0.818. The van der Waals surface area contributed by atoms with Crippen LogP contribution in [-0.4, -0.2) is 4.57 Å². The first-order valence-corrected chi connectivity index (χ1v) is 6.69. The lowest BCUT2D eigenvalue weighted by Crippen LogP contribution is -2.21. The molecule has 1 atom stereocenters. The fraction of sp³-hybridized carbons (Fsp3) is 0.375. The van der Waals surface area contributed by atoms with Crippen LogP contribution < -0.4 is 5.32 Å². The van der Waals surface area contributed by atoms with Crippen molar-refractivity contribution in [3.63, 3.8) is 0 Å². The lowest BCUT2D eigenvalue weighted by molar-refractivity contribution is 0.485. The van der Waals surface area contributed by atoms with E-state index in [-0.39, 0.29) is 0 Å². The number of aromatic nitrogens is 1. The fourth-order valence-corrected chi connectivity index (χ4v) is 2.27. The van der Waals surface area contributed by atoms with Gasteiger partial charge < -0.3 is 9.88 Å². The molecular formula is C16H22N2. The largest absolute Gasteiger partial charge is 0.353 e. The standard InChI is InChI=1S/C16H22N2/c1-3-8-16(14-9-5-4-6-10-14)17-13-15-11-7-12-18(15)2/h4-7,9-12,16-17H,3,8,13H2,1-2H3. The fourth-order valence-electron chi connectivity index (χ4n) is 2.27. The lowest BCUT2D eigenvalue weighted by Gasteiger charge is -2.19. The minimum atomic E-state index is 0.450. The molecule has 0 radical (unpaired) electrons. The third-order valence-corrected chi connectivity index (χ3v) is 3.36. The molecule has 2 aromatic rings. The third-order valence-electron chi connectivity index (χ3n) is 3.36. The van der Waals surface area contributed by atoms with Gasteiger partial charge in [-0.2, -0.15) is 0 Å². The molecule has 0 aliphatic heterocycles. The van der Waals surface area contributed by atoms with E-state index < -0.39 is 0 Å². The highest BCUT2D eigenvalue weighted by molar-refractivity contribution is 5.19. The molecular weight excluding hydrogens is 220 g/mol. The van der Waals surface area contributed by atoms with Crippen LogP contribution in [0.25, 0.3) is 0 Å². The van der Waals surface area contributed by atoms with E-state index in [9.17, 15) is 0 Å². The van der Waals surface area contributed by atoms with E-state index in [4.69, 9.17) is 0 Å². The van der Waals surface area contributed by atoms with E-state index >= 15 is 0 Å². The Morgan fingerprint density at radius 2 is 1.89 bits per heavy atom. The van der Waals surface area contributed by atoms with Crippen LogP contribution in [0.4, 0.5) is 0 Å². The molecule has 2 rings (SSSR count). The zero-order valence-corrected chi connectivity index (χ0v) is 11.3. The predicted octanol–water partition coefficient (Wildman–Crippen LogP) is 3.66. The van der Waals surface area contributed by atoms with Crippen LogP contribution in [0.1, 0.15) is 37.1 Å². The Morgan fingerprint density at radius 1 is 1.11 bits per heavy atom. The summed E-state index contributed by atoms with van der Waals surface area (Å²) in [4.78, 5) is 0. The molecule has 0 aliphatic carbocycles. The van der Waals surface area contributed by atoms with Gasteiger partial charge in [0.15, 0.2) is 0 Å². The van der Waals surface area contributed by atoms with Gasteiger partial charge in [-0.1, -0.05) is 43.7 Å². The molecule has 1 unspecified atom stereocenters. The summed E-state index contributed by atoms with van der Waals surface area (Å²) in [7, 11) is 2.09. The van der Waals surface area contributed by atoms with E-state index in [0.29, 0.717) is 6.04 Å². The van der Waals surface area contributed by atoms with Crippen molar-refractivity contribution >= 4 is 0 Å². The maximum atomic E-state index is 3.66. The summed E-state index contributed by atoms with van der Waals surface area (Å²) in [5.41, 5.74) is 2.71. The van der Waals surface area contributed by atoms with Crippen LogP contribution in [0.3, 0.4) is 0 Å². The van der Waals surface area contributed by atoms with Crippen molar-refractivity contribution in [2.75, 3.05) is 0 Å². The van der Waals surface area contributed by atoms with Crippen LogP contribution in [0.5, 0.6) is 0 Å². The van der Waals surface area contributed by atoms with Gasteiger partial charge >= 0.3 is 0 Å². The van der Waals surface area contributed by atoms with Gasteiger partial charge in [0.25, 0.3) is 0 Å². The molecule has 0 saturated heterocycles. The van der Waals surface area contributed by atoms with Crippen LogP contribution in [-0.2, 0) is 13.6 Å². The molecule has 0 amide bonds. The average molecular weight is 242 g/mol. The van der Waals surface area contributed by atoms with Crippen molar-refractivity contribution in [3.05, 3.63) is 59.9 Å². The number of benzene rings is 1. The number of rotatable bonds is 6. The Hall–Kier alpha value is -1.54. The number of nitrogens with zero attached hydrogens (tertiary/aromatic N) is 1. The second-order valence-corrected chi connectivity index (χ2v) is 4.74. The Morgan fingerprint density at radius 3 is 2.50 bits per heavy atom. The second kappa shape index (κ2) is 6.41. The molecule has 0 spiro atoms. The predicted molar refractivity (Wildman–Crippen MR) is 76.3 cm³/mol. The molecule has 2 heteroatoms. The first-order valence-electron chi connectivity index (χ1n) is 6.69. The Bertz CT molecular complexity index is 459. The summed E-state index contributed by atoms with van der Waals surface area (Å²) in [6.07, 6.45) is 4.46. The van der Waals surface area contributed by atoms with Gasteiger partial charge in [0.2, 0.25) is 0 Å². The van der Waals surface area contributed by atoms with Gasteiger partial charge in [-0.25, -0.2) is 0 Å². The summed E-state index contributed by atoms with van der Waals surface area (Å²) in [6.45, 7) is 3.16. The van der Waals surface area contributed by atoms with Crippen molar-refractivity contribution in [1.82, 2.24) is 9.88 Å². The molecule has 1 heterocycles. The summed E-state index contributed by atoms with van der Waals surface area (Å²) in [6, 6.07) is 15.4. The molecule has 0 aliphatic rings. The molecule has 1 N–H and O–H groups in total. The Labute approximate surface area is 110 Å². The van der Waals surface area contributed by atoms with Gasteiger partial charge in [0.05, 0.1) is 0 Å². The summed E-state index contributed by atoms with van der Waals surface area (Å²) in [5.74, 6) is 0. The topological polar surface area (TPSA) is 17.0 Å². The summed E-state index contributed by atoms with van der Waals surface area (Å²) < 4.78 is 2.17. The molecule has 96 valence electrons. The van der Waals surface area contributed by atoms with Crippen LogP contribution in [0.15, 0.2) is 48.7 Å². The van der Waals surface area contributed by atoms with E-state index in [1.54, 1.807) is 0 Å². The molecule has 1 aromatic carbocycles. The van der Waals surface area contributed by atoms with Crippen molar-refractivity contribution in [2.24, 2.45) is 7.05 Å². The maximum Gasteiger partial charge on any atom is 0.0364 e. The lowest BCUT2D eigenvalue weighted by atomic mass is 10.0. The van der Waals surface area contributed by atoms with Crippen LogP contribution in [0.2, 0.25) is 0 Å². The SMILES string of the molecule is CCCC(NCc1cccn1C)c1ccccc1. The highest BCUT2D eigenvalue weighted by Gasteiger charge is 2.09. The smallest absolute Gasteiger partial charge is 0.0364 e.